The van der Waals surface area contributed by atoms with Gasteiger partial charge >= 0.3 is 0 Å². The molecule has 1 heterocycles. The van der Waals surface area contributed by atoms with Gasteiger partial charge in [-0.3, -0.25) is 14.4 Å². The smallest absolute Gasteiger partial charge is 0.265 e. The lowest BCUT2D eigenvalue weighted by Crippen LogP contribution is -2.29. The van der Waals surface area contributed by atoms with Gasteiger partial charge in [-0.25, -0.2) is 8.42 Å². The molecule has 1 aliphatic heterocycles. The fourth-order valence-corrected chi connectivity index (χ4v) is 4.82. The Morgan fingerprint density at radius 3 is 2.62 bits per heavy atom. The maximum atomic E-state index is 13.0. The highest BCUT2D eigenvalue weighted by Crippen LogP contribution is 2.40. The third-order valence-corrected chi connectivity index (χ3v) is 6.40. The van der Waals surface area contributed by atoms with Gasteiger partial charge in [0.2, 0.25) is 0 Å². The molecule has 0 amide bonds. The molecule has 2 aromatic rings. The van der Waals surface area contributed by atoms with Gasteiger partial charge < -0.3 is 0 Å². The summed E-state index contributed by atoms with van der Waals surface area (Å²) in [6.07, 6.45) is 0. The number of hydrogen-bond acceptors (Lipinski definition) is 4. The van der Waals surface area contributed by atoms with Crippen LogP contribution in [0.15, 0.2) is 41.3 Å². The van der Waals surface area contributed by atoms with Crippen LogP contribution in [-0.4, -0.2) is 19.9 Å². The molecule has 1 atom stereocenters. The summed E-state index contributed by atoms with van der Waals surface area (Å²) in [6, 6.07) is 9.59. The van der Waals surface area contributed by atoms with Crippen LogP contribution >= 0.6 is 11.6 Å². The molecule has 8 heteroatoms. The average molecular weight is 367 g/mol. The fourth-order valence-electron chi connectivity index (χ4n) is 2.91. The summed E-state index contributed by atoms with van der Waals surface area (Å²) in [4.78, 5) is 10.4. The number of halogens is 1. The second-order valence-corrected chi connectivity index (χ2v) is 8.07. The predicted molar refractivity (Wildman–Crippen MR) is 92.2 cm³/mol. The lowest BCUT2D eigenvalue weighted by molar-refractivity contribution is -0.385. The molecular formula is C16H15ClN2O4S. The number of sulfonamides is 1. The van der Waals surface area contributed by atoms with Gasteiger partial charge in [0.05, 0.1) is 20.5 Å². The van der Waals surface area contributed by atoms with E-state index in [1.54, 1.807) is 12.1 Å². The number of anilines is 1. The van der Waals surface area contributed by atoms with Crippen molar-refractivity contribution in [2.45, 2.75) is 24.7 Å². The van der Waals surface area contributed by atoms with E-state index in [0.29, 0.717) is 12.2 Å². The van der Waals surface area contributed by atoms with Crippen molar-refractivity contribution in [1.82, 2.24) is 0 Å². The third kappa shape index (κ3) is 2.53. The summed E-state index contributed by atoms with van der Waals surface area (Å²) in [7, 11) is -3.94. The number of nitro benzene ring substituents is 1. The van der Waals surface area contributed by atoms with Crippen LogP contribution in [0.25, 0.3) is 0 Å². The molecular weight excluding hydrogens is 352 g/mol. The van der Waals surface area contributed by atoms with Crippen LogP contribution in [0.1, 0.15) is 24.0 Å². The molecule has 0 N–H and O–H groups in total. The normalized spacial score (nSPS) is 17.0. The SMILES string of the molecule is Cc1c(Cl)cc(S(=O)(=O)N2CC(C)c3ccccc32)cc1[N+](=O)[O-]. The van der Waals surface area contributed by atoms with Crippen molar-refractivity contribution >= 4 is 33.0 Å². The average Bonchev–Trinajstić information content (AvgIpc) is 2.87. The Hall–Kier alpha value is -2.12. The van der Waals surface area contributed by atoms with Crippen LogP contribution in [0, 0.1) is 17.0 Å². The number of nitro groups is 1. The minimum absolute atomic E-state index is 0.0480. The van der Waals surface area contributed by atoms with Crippen LogP contribution in [0.3, 0.4) is 0 Å². The Kier molecular flexibility index (Phi) is 4.01. The quantitative estimate of drug-likeness (QED) is 0.610. The summed E-state index contributed by atoms with van der Waals surface area (Å²) in [5.41, 5.74) is 1.48. The first-order valence-electron chi connectivity index (χ1n) is 7.29. The summed E-state index contributed by atoms with van der Waals surface area (Å²) < 4.78 is 27.3. The first-order chi connectivity index (χ1) is 11.2. The number of rotatable bonds is 3. The number of benzene rings is 2. The lowest BCUT2D eigenvalue weighted by Gasteiger charge is -2.20. The highest BCUT2D eigenvalue weighted by Gasteiger charge is 2.35. The summed E-state index contributed by atoms with van der Waals surface area (Å²) in [5.74, 6) is 0.0480. The number of hydrogen-bond donors (Lipinski definition) is 0. The van der Waals surface area contributed by atoms with Gasteiger partial charge in [-0.1, -0.05) is 36.7 Å². The molecule has 0 fully saturated rings. The van der Waals surface area contributed by atoms with Gasteiger partial charge in [0, 0.05) is 24.1 Å². The lowest BCUT2D eigenvalue weighted by atomic mass is 10.0. The first-order valence-corrected chi connectivity index (χ1v) is 9.11. The van der Waals surface area contributed by atoms with Crippen LogP contribution in [-0.2, 0) is 10.0 Å². The summed E-state index contributed by atoms with van der Waals surface area (Å²) in [6.45, 7) is 3.73. The second-order valence-electron chi connectivity index (χ2n) is 5.80. The van der Waals surface area contributed by atoms with E-state index in [2.05, 4.69) is 0 Å². The van der Waals surface area contributed by atoms with Crippen LogP contribution < -0.4 is 4.31 Å². The van der Waals surface area contributed by atoms with Gasteiger partial charge in [0.25, 0.3) is 15.7 Å². The molecule has 24 heavy (non-hydrogen) atoms. The van der Waals surface area contributed by atoms with Crippen LogP contribution in [0.5, 0.6) is 0 Å². The van der Waals surface area contributed by atoms with E-state index in [9.17, 15) is 18.5 Å². The van der Waals surface area contributed by atoms with Crippen LogP contribution in [0.4, 0.5) is 11.4 Å². The van der Waals surface area contributed by atoms with Gasteiger partial charge in [-0.2, -0.15) is 0 Å². The van der Waals surface area contributed by atoms with E-state index in [0.717, 1.165) is 11.6 Å². The summed E-state index contributed by atoms with van der Waals surface area (Å²) >= 11 is 6.02. The van der Waals surface area contributed by atoms with Crippen molar-refractivity contribution in [3.63, 3.8) is 0 Å². The molecule has 0 radical (unpaired) electrons. The zero-order chi connectivity index (χ0) is 17.6. The zero-order valence-electron chi connectivity index (χ0n) is 13.1. The molecule has 0 bridgehead atoms. The molecule has 0 aliphatic carbocycles. The molecule has 1 aliphatic rings. The fraction of sp³-hybridized carbons (Fsp3) is 0.250. The minimum atomic E-state index is -3.94. The molecule has 0 spiro atoms. The number of para-hydroxylation sites is 1. The van der Waals surface area contributed by atoms with Gasteiger partial charge in [0.15, 0.2) is 0 Å². The maximum absolute atomic E-state index is 13.0. The minimum Gasteiger partial charge on any atom is -0.265 e. The molecule has 126 valence electrons. The number of nitrogens with zero attached hydrogens (tertiary/aromatic N) is 2. The summed E-state index contributed by atoms with van der Waals surface area (Å²) in [5, 5.41) is 11.2. The van der Waals surface area contributed by atoms with Gasteiger partial charge in [0.1, 0.15) is 0 Å². The molecule has 6 nitrogen and oxygen atoms in total. The van der Waals surface area contributed by atoms with E-state index >= 15 is 0 Å². The molecule has 0 aromatic heterocycles. The van der Waals surface area contributed by atoms with Crippen LogP contribution in [0.2, 0.25) is 5.02 Å². The van der Waals surface area contributed by atoms with Crippen molar-refractivity contribution in [3.8, 4) is 0 Å². The van der Waals surface area contributed by atoms with Gasteiger partial charge in [-0.15, -0.1) is 0 Å². The monoisotopic (exact) mass is 366 g/mol. The largest absolute Gasteiger partial charge is 0.275 e. The Balaban J connectivity index is 2.15. The Morgan fingerprint density at radius 2 is 1.96 bits per heavy atom. The van der Waals surface area contributed by atoms with Crippen molar-refractivity contribution in [2.24, 2.45) is 0 Å². The molecule has 1 unspecified atom stereocenters. The van der Waals surface area contributed by atoms with E-state index in [1.807, 2.05) is 19.1 Å². The topological polar surface area (TPSA) is 80.5 Å². The number of fused-ring (bicyclic) bond motifs is 1. The molecule has 2 aromatic carbocycles. The standard InChI is InChI=1S/C16H15ClN2O4S/c1-10-9-18(15-6-4-3-5-13(10)15)24(22,23)12-7-14(17)11(2)16(8-12)19(20)21/h3-8,10H,9H2,1-2H3. The molecule has 0 saturated carbocycles. The highest BCUT2D eigenvalue weighted by molar-refractivity contribution is 7.92. The van der Waals surface area contributed by atoms with E-state index in [1.165, 1.54) is 17.3 Å². The van der Waals surface area contributed by atoms with Gasteiger partial charge in [-0.05, 0) is 24.6 Å². The Bertz CT molecular complexity index is 943. The predicted octanol–water partition coefficient (Wildman–Crippen LogP) is 3.87. The molecule has 3 rings (SSSR count). The first kappa shape index (κ1) is 16.7. The second kappa shape index (κ2) is 5.75. The van der Waals surface area contributed by atoms with Crippen molar-refractivity contribution in [3.05, 3.63) is 62.7 Å². The van der Waals surface area contributed by atoms with E-state index < -0.39 is 14.9 Å². The Morgan fingerprint density at radius 1 is 1.29 bits per heavy atom. The van der Waals surface area contributed by atoms with Crippen molar-refractivity contribution in [2.75, 3.05) is 10.8 Å². The maximum Gasteiger partial charge on any atom is 0.275 e. The molecule has 0 saturated heterocycles. The third-order valence-electron chi connectivity index (χ3n) is 4.25. The van der Waals surface area contributed by atoms with E-state index in [-0.39, 0.29) is 27.1 Å². The van der Waals surface area contributed by atoms with Crippen molar-refractivity contribution < 1.29 is 13.3 Å². The van der Waals surface area contributed by atoms with Crippen molar-refractivity contribution in [1.29, 1.82) is 0 Å². The highest BCUT2D eigenvalue weighted by atomic mass is 35.5. The Labute approximate surface area is 144 Å². The van der Waals surface area contributed by atoms with E-state index in [4.69, 9.17) is 11.6 Å². The zero-order valence-corrected chi connectivity index (χ0v) is 14.6.